The summed E-state index contributed by atoms with van der Waals surface area (Å²) < 4.78 is 10.9. The number of morpholine rings is 1. The number of rotatable bonds is 10. The quantitative estimate of drug-likeness (QED) is 0.342. The number of benzene rings is 2. The van der Waals surface area contributed by atoms with Crippen LogP contribution in [-0.2, 0) is 24.2 Å². The monoisotopic (exact) mass is 434 g/mol. The van der Waals surface area contributed by atoms with Gasteiger partial charge in [0.2, 0.25) is 0 Å². The van der Waals surface area contributed by atoms with Crippen LogP contribution in [0.4, 0.5) is 0 Å². The Kier molecular flexibility index (Phi) is 9.91. The van der Waals surface area contributed by atoms with Gasteiger partial charge in [-0.2, -0.15) is 0 Å². The summed E-state index contributed by atoms with van der Waals surface area (Å²) in [4.78, 5) is 7.27. The second kappa shape index (κ2) is 13.4. The minimum Gasteiger partial charge on any atom is -0.481 e. The summed E-state index contributed by atoms with van der Waals surface area (Å²) in [6.45, 7) is 9.19. The van der Waals surface area contributed by atoms with Gasteiger partial charge in [-0.25, -0.2) is 4.99 Å². The molecule has 0 spiro atoms. The van der Waals surface area contributed by atoms with Crippen molar-refractivity contribution in [2.24, 2.45) is 4.99 Å². The molecule has 0 radical (unpaired) electrons. The molecule has 32 heavy (non-hydrogen) atoms. The molecular formula is C26H34N4O2. The first-order valence-electron chi connectivity index (χ1n) is 11.3. The summed E-state index contributed by atoms with van der Waals surface area (Å²) in [6, 6.07) is 16.6. The van der Waals surface area contributed by atoms with Crippen LogP contribution in [0.15, 0.2) is 53.5 Å². The zero-order valence-corrected chi connectivity index (χ0v) is 19.0. The molecule has 2 N–H and O–H groups in total. The Labute approximate surface area is 192 Å². The maximum Gasteiger partial charge on any atom is 0.191 e. The number of nitrogens with one attached hydrogen (secondary N) is 2. The van der Waals surface area contributed by atoms with Crippen molar-refractivity contribution in [2.45, 2.75) is 26.4 Å². The van der Waals surface area contributed by atoms with E-state index in [0.29, 0.717) is 13.2 Å². The van der Waals surface area contributed by atoms with Gasteiger partial charge in [0.25, 0.3) is 0 Å². The number of terminal acetylenes is 1. The van der Waals surface area contributed by atoms with Crippen LogP contribution >= 0.6 is 0 Å². The number of aliphatic imine (C=N–C) groups is 1. The molecule has 1 saturated heterocycles. The fourth-order valence-corrected chi connectivity index (χ4v) is 3.57. The van der Waals surface area contributed by atoms with Crippen molar-refractivity contribution in [3.05, 3.63) is 65.2 Å². The number of hydrogen-bond donors (Lipinski definition) is 2. The summed E-state index contributed by atoms with van der Waals surface area (Å²) in [5.74, 6) is 4.11. The molecule has 0 atom stereocenters. The molecule has 1 heterocycles. The van der Waals surface area contributed by atoms with Crippen molar-refractivity contribution in [2.75, 3.05) is 46.0 Å². The summed E-state index contributed by atoms with van der Waals surface area (Å²) in [7, 11) is 0. The molecule has 0 aliphatic carbocycles. The average Bonchev–Trinajstić information content (AvgIpc) is 2.83. The van der Waals surface area contributed by atoms with E-state index < -0.39 is 0 Å². The van der Waals surface area contributed by atoms with Crippen LogP contribution in [-0.4, -0.2) is 56.9 Å². The van der Waals surface area contributed by atoms with E-state index in [-0.39, 0.29) is 0 Å². The Morgan fingerprint density at radius 2 is 1.84 bits per heavy atom. The first-order valence-corrected chi connectivity index (χ1v) is 11.3. The Hall–Kier alpha value is -3.01. The smallest absolute Gasteiger partial charge is 0.191 e. The van der Waals surface area contributed by atoms with Gasteiger partial charge >= 0.3 is 0 Å². The molecular weight excluding hydrogens is 400 g/mol. The normalized spacial score (nSPS) is 14.6. The van der Waals surface area contributed by atoms with Crippen molar-refractivity contribution in [1.82, 2.24) is 15.5 Å². The SMILES string of the molecule is C#CCOc1ccc(CCNC(=NCc2ccccc2CN2CCOCC2)NCC)cc1. The highest BCUT2D eigenvalue weighted by Gasteiger charge is 2.12. The van der Waals surface area contributed by atoms with Crippen molar-refractivity contribution in [1.29, 1.82) is 0 Å². The average molecular weight is 435 g/mol. The predicted molar refractivity (Wildman–Crippen MR) is 130 cm³/mol. The van der Waals surface area contributed by atoms with Crippen LogP contribution in [0, 0.1) is 12.3 Å². The van der Waals surface area contributed by atoms with Gasteiger partial charge in [0.05, 0.1) is 19.8 Å². The first-order chi connectivity index (χ1) is 15.8. The molecule has 3 rings (SSSR count). The highest BCUT2D eigenvalue weighted by Crippen LogP contribution is 2.14. The van der Waals surface area contributed by atoms with Crippen LogP contribution in [0.3, 0.4) is 0 Å². The second-order valence-electron chi connectivity index (χ2n) is 7.67. The van der Waals surface area contributed by atoms with Gasteiger partial charge < -0.3 is 20.1 Å². The summed E-state index contributed by atoms with van der Waals surface area (Å²) in [6.07, 6.45) is 6.13. The molecule has 1 aliphatic rings. The van der Waals surface area contributed by atoms with Crippen LogP contribution in [0.25, 0.3) is 0 Å². The molecule has 2 aromatic carbocycles. The van der Waals surface area contributed by atoms with E-state index in [1.807, 2.05) is 12.1 Å². The summed E-state index contributed by atoms with van der Waals surface area (Å²) in [5.41, 5.74) is 3.83. The third-order valence-corrected chi connectivity index (χ3v) is 5.32. The van der Waals surface area contributed by atoms with Gasteiger partial charge in [-0.05, 0) is 42.2 Å². The molecule has 6 heteroatoms. The van der Waals surface area contributed by atoms with Crippen molar-refractivity contribution >= 4 is 5.96 Å². The highest BCUT2D eigenvalue weighted by molar-refractivity contribution is 5.79. The Morgan fingerprint density at radius 3 is 2.56 bits per heavy atom. The van der Waals surface area contributed by atoms with Crippen molar-refractivity contribution in [3.8, 4) is 18.1 Å². The molecule has 0 aromatic heterocycles. The van der Waals surface area contributed by atoms with E-state index in [9.17, 15) is 0 Å². The predicted octanol–water partition coefficient (Wildman–Crippen LogP) is 2.83. The number of ether oxygens (including phenoxy) is 2. The molecule has 1 fully saturated rings. The molecule has 0 bridgehead atoms. The molecule has 1 aliphatic heterocycles. The minimum absolute atomic E-state index is 0.291. The largest absolute Gasteiger partial charge is 0.481 e. The van der Waals surface area contributed by atoms with Crippen molar-refractivity contribution in [3.63, 3.8) is 0 Å². The lowest BCUT2D eigenvalue weighted by molar-refractivity contribution is 0.0341. The number of guanidine groups is 1. The lowest BCUT2D eigenvalue weighted by atomic mass is 10.1. The Balaban J connectivity index is 1.53. The maximum atomic E-state index is 5.47. The number of hydrogen-bond acceptors (Lipinski definition) is 4. The fourth-order valence-electron chi connectivity index (χ4n) is 3.57. The fraction of sp³-hybridized carbons (Fsp3) is 0.423. The van der Waals surface area contributed by atoms with E-state index in [2.05, 4.69) is 64.8 Å². The van der Waals surface area contributed by atoms with Crippen LogP contribution in [0.2, 0.25) is 0 Å². The Morgan fingerprint density at radius 1 is 1.09 bits per heavy atom. The van der Waals surface area contributed by atoms with Crippen LogP contribution in [0.5, 0.6) is 5.75 Å². The maximum absolute atomic E-state index is 5.47. The second-order valence-corrected chi connectivity index (χ2v) is 7.67. The minimum atomic E-state index is 0.291. The topological polar surface area (TPSA) is 58.1 Å². The Bertz CT molecular complexity index is 883. The lowest BCUT2D eigenvalue weighted by Crippen LogP contribution is -2.38. The molecule has 0 saturated carbocycles. The summed E-state index contributed by atoms with van der Waals surface area (Å²) in [5, 5.41) is 6.79. The molecule has 2 aromatic rings. The molecule has 170 valence electrons. The van der Waals surface area contributed by atoms with E-state index in [1.165, 1.54) is 16.7 Å². The zero-order valence-electron chi connectivity index (χ0n) is 19.0. The van der Waals surface area contributed by atoms with E-state index in [4.69, 9.17) is 20.9 Å². The van der Waals surface area contributed by atoms with Gasteiger partial charge in [-0.1, -0.05) is 42.3 Å². The van der Waals surface area contributed by atoms with Crippen LogP contribution in [0.1, 0.15) is 23.6 Å². The van der Waals surface area contributed by atoms with E-state index in [0.717, 1.165) is 64.1 Å². The van der Waals surface area contributed by atoms with Gasteiger partial charge in [0.1, 0.15) is 12.4 Å². The van der Waals surface area contributed by atoms with Gasteiger partial charge in [0, 0.05) is 32.7 Å². The third-order valence-electron chi connectivity index (χ3n) is 5.32. The number of nitrogens with zero attached hydrogens (tertiary/aromatic N) is 2. The third kappa shape index (κ3) is 7.92. The molecule has 0 unspecified atom stereocenters. The first kappa shape index (κ1) is 23.6. The lowest BCUT2D eigenvalue weighted by Gasteiger charge is -2.27. The van der Waals surface area contributed by atoms with Crippen molar-refractivity contribution < 1.29 is 9.47 Å². The van der Waals surface area contributed by atoms with E-state index in [1.54, 1.807) is 0 Å². The zero-order chi connectivity index (χ0) is 22.4. The molecule has 0 amide bonds. The summed E-state index contributed by atoms with van der Waals surface area (Å²) >= 11 is 0. The van der Waals surface area contributed by atoms with Crippen LogP contribution < -0.4 is 15.4 Å². The standard InChI is InChI=1S/C26H34N4O2/c1-3-17-32-25-11-9-22(10-12-25)13-14-28-26(27-4-2)29-20-23-7-5-6-8-24(23)21-30-15-18-31-19-16-30/h1,5-12H,4,13-21H2,2H3,(H2,27,28,29). The van der Waals surface area contributed by atoms with E-state index >= 15 is 0 Å². The van der Waals surface area contributed by atoms with Gasteiger partial charge in [-0.15, -0.1) is 6.42 Å². The molecule has 6 nitrogen and oxygen atoms in total. The van der Waals surface area contributed by atoms with Gasteiger partial charge in [-0.3, -0.25) is 4.90 Å². The van der Waals surface area contributed by atoms with Gasteiger partial charge in [0.15, 0.2) is 5.96 Å². The highest BCUT2D eigenvalue weighted by atomic mass is 16.5.